The molecule has 1 atom stereocenters. The molecule has 0 saturated carbocycles. The number of rotatable bonds is 50. The predicted molar refractivity (Wildman–Crippen MR) is 266 cm³/mol. The van der Waals surface area contributed by atoms with Crippen molar-refractivity contribution in [3.63, 3.8) is 0 Å². The van der Waals surface area contributed by atoms with Crippen LogP contribution < -0.4 is 0 Å². The van der Waals surface area contributed by atoms with E-state index in [2.05, 4.69) is 34.6 Å². The van der Waals surface area contributed by atoms with Gasteiger partial charge in [0.1, 0.15) is 13.2 Å². The quantitative estimate of drug-likeness (QED) is 0.0344. The van der Waals surface area contributed by atoms with Crippen LogP contribution in [0.4, 0.5) is 0 Å². The third-order valence-corrected chi connectivity index (χ3v) is 12.7. The Morgan fingerprint density at radius 3 is 0.790 bits per heavy atom. The number of ether oxygens (including phenoxy) is 3. The lowest BCUT2D eigenvalue weighted by Crippen LogP contribution is -2.30. The number of hydrogen-bond acceptors (Lipinski definition) is 6. The molecule has 0 amide bonds. The van der Waals surface area contributed by atoms with E-state index in [4.69, 9.17) is 14.2 Å². The minimum atomic E-state index is -0.762. The Labute approximate surface area is 387 Å². The Bertz CT molecular complexity index is 947. The highest BCUT2D eigenvalue weighted by molar-refractivity contribution is 5.71. The number of unbranched alkanes of at least 4 members (excludes halogenated alkanes) is 35. The van der Waals surface area contributed by atoms with Crippen LogP contribution in [0.5, 0.6) is 0 Å². The molecule has 0 spiro atoms. The molecule has 0 bridgehead atoms. The second-order valence-corrected chi connectivity index (χ2v) is 20.2. The van der Waals surface area contributed by atoms with Crippen LogP contribution in [0.2, 0.25) is 0 Å². The molecule has 6 nitrogen and oxygen atoms in total. The van der Waals surface area contributed by atoms with Gasteiger partial charge < -0.3 is 14.2 Å². The molecule has 368 valence electrons. The van der Waals surface area contributed by atoms with Gasteiger partial charge in [-0.2, -0.15) is 0 Å². The maximum atomic E-state index is 12.8. The van der Waals surface area contributed by atoms with E-state index >= 15 is 0 Å². The zero-order chi connectivity index (χ0) is 45.4. The van der Waals surface area contributed by atoms with Crippen LogP contribution in [-0.4, -0.2) is 37.2 Å². The maximum absolute atomic E-state index is 12.8. The van der Waals surface area contributed by atoms with Crippen molar-refractivity contribution in [2.45, 2.75) is 317 Å². The van der Waals surface area contributed by atoms with Gasteiger partial charge in [0.25, 0.3) is 0 Å². The molecule has 0 rings (SSSR count). The van der Waals surface area contributed by atoms with Crippen molar-refractivity contribution in [3.8, 4) is 0 Å². The first-order chi connectivity index (χ1) is 30.2. The van der Waals surface area contributed by atoms with Crippen molar-refractivity contribution in [2.24, 2.45) is 11.8 Å². The molecule has 0 fully saturated rings. The van der Waals surface area contributed by atoms with Gasteiger partial charge in [-0.1, -0.05) is 272 Å². The normalized spacial score (nSPS) is 12.0. The maximum Gasteiger partial charge on any atom is 0.306 e. The Morgan fingerprint density at radius 2 is 0.532 bits per heavy atom. The summed E-state index contributed by atoms with van der Waals surface area (Å²) in [6.07, 6.45) is 50.9. The SMILES string of the molecule is CCCCCCCCCCCCCCCC(=O)OC[C@@H](COC(=O)CCCCCCCCCCCCCCC(C)C)OC(=O)CCCCCCCCCCCCCCCC(C)C. The van der Waals surface area contributed by atoms with Crippen molar-refractivity contribution >= 4 is 17.9 Å². The summed E-state index contributed by atoms with van der Waals surface area (Å²) in [5.74, 6) is 0.830. The summed E-state index contributed by atoms with van der Waals surface area (Å²) in [7, 11) is 0. The van der Waals surface area contributed by atoms with Crippen molar-refractivity contribution < 1.29 is 28.6 Å². The molecule has 0 N–H and O–H groups in total. The van der Waals surface area contributed by atoms with Gasteiger partial charge in [-0.05, 0) is 31.1 Å². The van der Waals surface area contributed by atoms with Gasteiger partial charge in [0, 0.05) is 19.3 Å². The van der Waals surface area contributed by atoms with E-state index in [9.17, 15) is 14.4 Å². The largest absolute Gasteiger partial charge is 0.462 e. The number of hydrogen-bond donors (Lipinski definition) is 0. The van der Waals surface area contributed by atoms with Gasteiger partial charge in [0.2, 0.25) is 0 Å². The molecule has 0 aliphatic rings. The van der Waals surface area contributed by atoms with Crippen LogP contribution in [0.25, 0.3) is 0 Å². The monoisotopic (exact) mass is 877 g/mol. The Morgan fingerprint density at radius 1 is 0.306 bits per heavy atom. The lowest BCUT2D eigenvalue weighted by atomic mass is 10.0. The first-order valence-corrected chi connectivity index (χ1v) is 27.7. The van der Waals surface area contributed by atoms with E-state index in [-0.39, 0.29) is 31.1 Å². The Hall–Kier alpha value is -1.59. The summed E-state index contributed by atoms with van der Waals surface area (Å²) < 4.78 is 16.9. The number of esters is 3. The van der Waals surface area contributed by atoms with E-state index in [1.807, 2.05) is 0 Å². The molecular weight excluding hydrogens is 769 g/mol. The molecule has 0 aromatic rings. The molecule has 0 aliphatic heterocycles. The highest BCUT2D eigenvalue weighted by atomic mass is 16.6. The van der Waals surface area contributed by atoms with E-state index in [1.54, 1.807) is 0 Å². The fourth-order valence-electron chi connectivity index (χ4n) is 8.52. The summed E-state index contributed by atoms with van der Waals surface area (Å²) >= 11 is 0. The third-order valence-electron chi connectivity index (χ3n) is 12.7. The topological polar surface area (TPSA) is 78.9 Å². The van der Waals surface area contributed by atoms with Gasteiger partial charge in [-0.15, -0.1) is 0 Å². The van der Waals surface area contributed by atoms with Crippen LogP contribution in [-0.2, 0) is 28.6 Å². The van der Waals surface area contributed by atoms with Crippen LogP contribution in [0.1, 0.15) is 311 Å². The molecule has 0 heterocycles. The minimum absolute atomic E-state index is 0.0629. The van der Waals surface area contributed by atoms with Crippen LogP contribution in [0.3, 0.4) is 0 Å². The highest BCUT2D eigenvalue weighted by Gasteiger charge is 2.19. The molecule has 0 saturated heterocycles. The molecule has 0 unspecified atom stereocenters. The second kappa shape index (κ2) is 48.9. The molecule has 6 heteroatoms. The van der Waals surface area contributed by atoms with Gasteiger partial charge in [0.05, 0.1) is 0 Å². The molecular formula is C56H108O6. The van der Waals surface area contributed by atoms with Crippen LogP contribution in [0, 0.1) is 11.8 Å². The van der Waals surface area contributed by atoms with Gasteiger partial charge in [0.15, 0.2) is 6.10 Å². The first kappa shape index (κ1) is 60.4. The predicted octanol–water partition coefficient (Wildman–Crippen LogP) is 18.1. The smallest absolute Gasteiger partial charge is 0.306 e. The third kappa shape index (κ3) is 49.4. The fraction of sp³-hybridized carbons (Fsp3) is 0.946. The lowest BCUT2D eigenvalue weighted by molar-refractivity contribution is -0.167. The van der Waals surface area contributed by atoms with Crippen LogP contribution in [0.15, 0.2) is 0 Å². The molecule has 0 aromatic carbocycles. The summed E-state index contributed by atoms with van der Waals surface area (Å²) in [6, 6.07) is 0. The Balaban J connectivity index is 4.31. The fourth-order valence-corrected chi connectivity index (χ4v) is 8.52. The average molecular weight is 877 g/mol. The zero-order valence-electron chi connectivity index (χ0n) is 42.5. The summed E-state index contributed by atoms with van der Waals surface area (Å²) in [6.45, 7) is 11.4. The van der Waals surface area contributed by atoms with Gasteiger partial charge in [-0.3, -0.25) is 14.4 Å². The molecule has 0 radical (unpaired) electrons. The minimum Gasteiger partial charge on any atom is -0.462 e. The van der Waals surface area contributed by atoms with E-state index in [0.29, 0.717) is 19.3 Å². The Kier molecular flexibility index (Phi) is 47.6. The van der Waals surface area contributed by atoms with Crippen LogP contribution >= 0.6 is 0 Å². The van der Waals surface area contributed by atoms with E-state index < -0.39 is 6.10 Å². The number of carbonyl (C=O) groups is 3. The van der Waals surface area contributed by atoms with Crippen molar-refractivity contribution in [3.05, 3.63) is 0 Å². The number of carbonyl (C=O) groups excluding carboxylic acids is 3. The zero-order valence-corrected chi connectivity index (χ0v) is 42.5. The first-order valence-electron chi connectivity index (χ1n) is 27.7. The van der Waals surface area contributed by atoms with Gasteiger partial charge >= 0.3 is 17.9 Å². The second-order valence-electron chi connectivity index (χ2n) is 20.2. The summed E-state index contributed by atoms with van der Waals surface area (Å²) in [5.41, 5.74) is 0. The summed E-state index contributed by atoms with van der Waals surface area (Å²) in [5, 5.41) is 0. The van der Waals surface area contributed by atoms with Gasteiger partial charge in [-0.25, -0.2) is 0 Å². The standard InChI is InChI=1S/C56H108O6/c1-6-7-8-9-10-11-12-14-21-26-31-36-41-46-54(57)60-49-53(50-61-55(58)47-42-37-32-27-22-18-17-20-25-30-35-40-45-52(4)5)62-56(59)48-43-38-33-28-23-16-13-15-19-24-29-34-39-44-51(2)3/h51-53H,6-50H2,1-5H3/t53-/m0/s1. The van der Waals surface area contributed by atoms with E-state index in [1.165, 1.54) is 199 Å². The summed E-state index contributed by atoms with van der Waals surface area (Å²) in [4.78, 5) is 38.1. The lowest BCUT2D eigenvalue weighted by Gasteiger charge is -2.18. The highest BCUT2D eigenvalue weighted by Crippen LogP contribution is 2.18. The van der Waals surface area contributed by atoms with Crippen molar-refractivity contribution in [2.75, 3.05) is 13.2 Å². The van der Waals surface area contributed by atoms with Crippen molar-refractivity contribution in [1.29, 1.82) is 0 Å². The average Bonchev–Trinajstić information content (AvgIpc) is 3.24. The molecule has 62 heavy (non-hydrogen) atoms. The van der Waals surface area contributed by atoms with E-state index in [0.717, 1.165) is 69.6 Å². The molecule has 0 aromatic heterocycles. The molecule has 0 aliphatic carbocycles. The van der Waals surface area contributed by atoms with Crippen molar-refractivity contribution in [1.82, 2.24) is 0 Å².